The first-order valence-corrected chi connectivity index (χ1v) is 4.00. The molecule has 0 bridgehead atoms. The predicted molar refractivity (Wildman–Crippen MR) is 46.5 cm³/mol. The van der Waals surface area contributed by atoms with Gasteiger partial charge >= 0.3 is 0 Å². The van der Waals surface area contributed by atoms with E-state index in [1.807, 2.05) is 29.2 Å². The summed E-state index contributed by atoms with van der Waals surface area (Å²) >= 11 is 0. The van der Waals surface area contributed by atoms with Gasteiger partial charge in [-0.3, -0.25) is 4.68 Å². The van der Waals surface area contributed by atoms with E-state index >= 15 is 0 Å². The first kappa shape index (κ1) is 7.85. The minimum Gasteiger partial charge on any atom is -0.424 e. The molecule has 0 aromatic carbocycles. The van der Waals surface area contributed by atoms with Crippen LogP contribution in [0.5, 0.6) is 0 Å². The van der Waals surface area contributed by atoms with Gasteiger partial charge in [0.15, 0.2) is 0 Å². The topological polar surface area (TPSA) is 55.9 Å². The Morgan fingerprint density at radius 2 is 2.15 bits per heavy atom. The smallest absolute Gasteiger partial charge is 0.237 e. The average Bonchev–Trinajstić information content (AvgIpc) is 2.71. The third-order valence-corrected chi connectivity index (χ3v) is 1.59. The van der Waals surface area contributed by atoms with Crippen LogP contribution in [0.15, 0.2) is 28.9 Å². The van der Waals surface area contributed by atoms with Gasteiger partial charge in [-0.05, 0) is 12.1 Å². The molecule has 5 heteroatoms. The van der Waals surface area contributed by atoms with Crippen LogP contribution in [0.25, 0.3) is 0 Å². The Labute approximate surface area is 75.4 Å². The van der Waals surface area contributed by atoms with E-state index in [4.69, 9.17) is 4.42 Å². The molecule has 0 fully saturated rings. The van der Waals surface area contributed by atoms with Crippen molar-refractivity contribution < 1.29 is 4.42 Å². The van der Waals surface area contributed by atoms with Gasteiger partial charge in [0.1, 0.15) is 6.54 Å². The van der Waals surface area contributed by atoms with E-state index in [1.54, 1.807) is 6.92 Å². The predicted octanol–water partition coefficient (Wildman–Crippen LogP) is 0.923. The number of rotatable bonds is 3. The zero-order valence-corrected chi connectivity index (χ0v) is 7.27. The lowest BCUT2D eigenvalue weighted by Crippen LogP contribution is -2.11. The molecule has 0 aliphatic carbocycles. The number of hydrogen-bond acceptors (Lipinski definition) is 4. The number of nitrogens with one attached hydrogen (secondary N) is 1. The van der Waals surface area contributed by atoms with Gasteiger partial charge in [-0.2, -0.15) is 0 Å². The number of nitrogens with zero attached hydrogens (tertiary/aromatic N) is 3. The molecule has 2 aromatic rings. The van der Waals surface area contributed by atoms with Crippen LogP contribution >= 0.6 is 0 Å². The molecule has 0 saturated heterocycles. The highest BCUT2D eigenvalue weighted by Crippen LogP contribution is 1.97. The summed E-state index contributed by atoms with van der Waals surface area (Å²) in [6.45, 7) is 2.31. The van der Waals surface area contributed by atoms with Crippen molar-refractivity contribution in [1.29, 1.82) is 0 Å². The highest BCUT2D eigenvalue weighted by Gasteiger charge is 1.99. The third kappa shape index (κ3) is 1.87. The highest BCUT2D eigenvalue weighted by atomic mass is 16.4. The van der Waals surface area contributed by atoms with Crippen LogP contribution in [0, 0.1) is 6.92 Å². The second-order valence-corrected chi connectivity index (χ2v) is 2.64. The third-order valence-electron chi connectivity index (χ3n) is 1.59. The van der Waals surface area contributed by atoms with Crippen molar-refractivity contribution >= 4 is 0 Å². The van der Waals surface area contributed by atoms with Crippen molar-refractivity contribution in [2.75, 3.05) is 5.43 Å². The van der Waals surface area contributed by atoms with Crippen LogP contribution in [0.2, 0.25) is 0 Å². The summed E-state index contributed by atoms with van der Waals surface area (Å²) in [5, 5.41) is 7.57. The molecule has 1 N–H and O–H groups in total. The number of aromatic nitrogens is 3. The molecule has 0 saturated carbocycles. The Morgan fingerprint density at radius 3 is 2.77 bits per heavy atom. The Balaban J connectivity index is 1.93. The maximum atomic E-state index is 5.18. The lowest BCUT2D eigenvalue weighted by molar-refractivity contribution is 0.469. The minimum absolute atomic E-state index is 0.537. The summed E-state index contributed by atoms with van der Waals surface area (Å²) < 4.78 is 7.02. The van der Waals surface area contributed by atoms with Crippen LogP contribution < -0.4 is 5.43 Å². The minimum atomic E-state index is 0.537. The maximum absolute atomic E-state index is 5.18. The number of aryl methyl sites for hydroxylation is 1. The number of hydrogen-bond donors (Lipinski definition) is 1. The fourth-order valence-electron chi connectivity index (χ4n) is 1.01. The van der Waals surface area contributed by atoms with E-state index in [9.17, 15) is 0 Å². The summed E-state index contributed by atoms with van der Waals surface area (Å²) in [7, 11) is 0. The van der Waals surface area contributed by atoms with E-state index in [-0.39, 0.29) is 0 Å². The normalized spacial score (nSPS) is 10.2. The van der Waals surface area contributed by atoms with Crippen molar-refractivity contribution in [3.63, 3.8) is 0 Å². The molecular formula is C8H10N4O. The second-order valence-electron chi connectivity index (χ2n) is 2.64. The van der Waals surface area contributed by atoms with Gasteiger partial charge in [0, 0.05) is 19.3 Å². The molecular weight excluding hydrogens is 168 g/mol. The zero-order chi connectivity index (χ0) is 9.10. The van der Waals surface area contributed by atoms with Crippen LogP contribution in [0.3, 0.4) is 0 Å². The molecule has 2 heterocycles. The maximum Gasteiger partial charge on any atom is 0.237 e. The standard InChI is InChI=1S/C8H10N4O/c1-7-10-11-8(13-7)6-9-12-4-2-3-5-12/h2-5,9H,6H2,1H3. The first-order chi connectivity index (χ1) is 6.34. The van der Waals surface area contributed by atoms with Gasteiger partial charge in [0.25, 0.3) is 0 Å². The Hall–Kier alpha value is -1.78. The van der Waals surface area contributed by atoms with Gasteiger partial charge in [-0.15, -0.1) is 10.2 Å². The Morgan fingerprint density at radius 1 is 1.38 bits per heavy atom. The van der Waals surface area contributed by atoms with E-state index in [0.717, 1.165) is 0 Å². The van der Waals surface area contributed by atoms with Gasteiger partial charge in [0.05, 0.1) is 0 Å². The average molecular weight is 178 g/mol. The van der Waals surface area contributed by atoms with Crippen LogP contribution in [0.1, 0.15) is 11.8 Å². The van der Waals surface area contributed by atoms with E-state index in [0.29, 0.717) is 18.3 Å². The lowest BCUT2D eigenvalue weighted by atomic mass is 10.7. The molecule has 0 spiro atoms. The first-order valence-electron chi connectivity index (χ1n) is 4.00. The molecule has 0 atom stereocenters. The molecule has 5 nitrogen and oxygen atoms in total. The molecule has 0 radical (unpaired) electrons. The molecule has 2 rings (SSSR count). The molecule has 13 heavy (non-hydrogen) atoms. The summed E-state index contributed by atoms with van der Waals surface area (Å²) in [5.41, 5.74) is 3.07. The molecule has 0 aliphatic heterocycles. The van der Waals surface area contributed by atoms with Crippen LogP contribution in [-0.2, 0) is 6.54 Å². The fourth-order valence-corrected chi connectivity index (χ4v) is 1.01. The Bertz CT molecular complexity index is 365. The molecule has 0 unspecified atom stereocenters. The van der Waals surface area contributed by atoms with E-state index in [1.165, 1.54) is 0 Å². The van der Waals surface area contributed by atoms with Crippen molar-refractivity contribution in [2.45, 2.75) is 13.5 Å². The van der Waals surface area contributed by atoms with Crippen molar-refractivity contribution in [3.05, 3.63) is 36.3 Å². The van der Waals surface area contributed by atoms with Crippen molar-refractivity contribution in [2.24, 2.45) is 0 Å². The zero-order valence-electron chi connectivity index (χ0n) is 7.27. The summed E-state index contributed by atoms with van der Waals surface area (Å²) in [5.74, 6) is 1.18. The van der Waals surface area contributed by atoms with Crippen LogP contribution in [-0.4, -0.2) is 14.9 Å². The van der Waals surface area contributed by atoms with Crippen molar-refractivity contribution in [3.8, 4) is 0 Å². The SMILES string of the molecule is Cc1nnc(CNn2cccc2)o1. The largest absolute Gasteiger partial charge is 0.424 e. The quantitative estimate of drug-likeness (QED) is 0.759. The molecule has 0 amide bonds. The summed E-state index contributed by atoms with van der Waals surface area (Å²) in [6.07, 6.45) is 3.81. The fraction of sp³-hybridized carbons (Fsp3) is 0.250. The van der Waals surface area contributed by atoms with Gasteiger partial charge in [-0.1, -0.05) is 0 Å². The van der Waals surface area contributed by atoms with Gasteiger partial charge < -0.3 is 9.84 Å². The monoisotopic (exact) mass is 178 g/mol. The van der Waals surface area contributed by atoms with Gasteiger partial charge in [0.2, 0.25) is 11.8 Å². The molecule has 68 valence electrons. The highest BCUT2D eigenvalue weighted by molar-refractivity contribution is 4.94. The van der Waals surface area contributed by atoms with Crippen molar-refractivity contribution in [1.82, 2.24) is 14.9 Å². The molecule has 0 aliphatic rings. The van der Waals surface area contributed by atoms with Crippen LogP contribution in [0.4, 0.5) is 0 Å². The van der Waals surface area contributed by atoms with Gasteiger partial charge in [-0.25, -0.2) is 0 Å². The molecule has 2 aromatic heterocycles. The van der Waals surface area contributed by atoms with E-state index in [2.05, 4.69) is 15.6 Å². The summed E-state index contributed by atoms with van der Waals surface area (Å²) in [4.78, 5) is 0. The van der Waals surface area contributed by atoms with E-state index < -0.39 is 0 Å². The Kier molecular flexibility index (Phi) is 1.99. The summed E-state index contributed by atoms with van der Waals surface area (Å²) in [6, 6.07) is 3.87. The lowest BCUT2D eigenvalue weighted by Gasteiger charge is -2.02. The second kappa shape index (κ2) is 3.30.